The zero-order valence-electron chi connectivity index (χ0n) is 8.45. The standard InChI is InChI=1S/C8H15N3O4/c1-2-3-5(7(13)14)10-4-6(12)11-8(9)15/h5,10H,2-4H2,1H3,(H,13,14)(H3,9,11,12,15). The van der Waals surface area contributed by atoms with Gasteiger partial charge in [0.2, 0.25) is 5.91 Å². The van der Waals surface area contributed by atoms with E-state index in [4.69, 9.17) is 10.8 Å². The van der Waals surface area contributed by atoms with Crippen LogP contribution in [-0.4, -0.2) is 35.6 Å². The van der Waals surface area contributed by atoms with Crippen LogP contribution in [0.3, 0.4) is 0 Å². The van der Waals surface area contributed by atoms with Crippen molar-refractivity contribution < 1.29 is 19.5 Å². The third kappa shape index (κ3) is 6.44. The molecule has 0 aromatic carbocycles. The average molecular weight is 217 g/mol. The maximum absolute atomic E-state index is 10.9. The van der Waals surface area contributed by atoms with Gasteiger partial charge in [0, 0.05) is 0 Å². The number of rotatable bonds is 6. The lowest BCUT2D eigenvalue weighted by atomic mass is 10.2. The minimum atomic E-state index is -1.02. The van der Waals surface area contributed by atoms with Gasteiger partial charge in [-0.3, -0.25) is 20.2 Å². The van der Waals surface area contributed by atoms with Crippen molar-refractivity contribution in [1.82, 2.24) is 10.6 Å². The van der Waals surface area contributed by atoms with Crippen molar-refractivity contribution in [3.05, 3.63) is 0 Å². The lowest BCUT2D eigenvalue weighted by Gasteiger charge is -2.12. The molecule has 0 heterocycles. The number of amides is 3. The Kier molecular flexibility index (Phi) is 6.03. The van der Waals surface area contributed by atoms with Crippen LogP contribution in [0.25, 0.3) is 0 Å². The fourth-order valence-electron chi connectivity index (χ4n) is 0.999. The number of imide groups is 1. The van der Waals surface area contributed by atoms with Crippen molar-refractivity contribution in [3.63, 3.8) is 0 Å². The quantitative estimate of drug-likeness (QED) is 0.455. The molecule has 0 radical (unpaired) electrons. The Hall–Kier alpha value is -1.63. The monoisotopic (exact) mass is 217 g/mol. The minimum Gasteiger partial charge on any atom is -0.480 e. The molecule has 1 unspecified atom stereocenters. The number of primary amides is 1. The molecule has 0 bridgehead atoms. The van der Waals surface area contributed by atoms with E-state index < -0.39 is 23.9 Å². The Morgan fingerprint density at radius 2 is 2.00 bits per heavy atom. The molecule has 86 valence electrons. The number of urea groups is 1. The summed E-state index contributed by atoms with van der Waals surface area (Å²) in [5.74, 6) is -1.67. The Morgan fingerprint density at radius 3 is 2.40 bits per heavy atom. The van der Waals surface area contributed by atoms with Crippen LogP contribution in [0.1, 0.15) is 19.8 Å². The fraction of sp³-hybridized carbons (Fsp3) is 0.625. The van der Waals surface area contributed by atoms with Crippen LogP contribution in [0.2, 0.25) is 0 Å². The predicted molar refractivity (Wildman–Crippen MR) is 52.1 cm³/mol. The predicted octanol–water partition coefficient (Wildman–Crippen LogP) is -0.976. The topological polar surface area (TPSA) is 122 Å². The normalized spacial score (nSPS) is 11.8. The van der Waals surface area contributed by atoms with E-state index in [0.717, 1.165) is 0 Å². The highest BCUT2D eigenvalue weighted by Gasteiger charge is 2.16. The molecule has 0 spiro atoms. The van der Waals surface area contributed by atoms with E-state index in [0.29, 0.717) is 12.8 Å². The Balaban J connectivity index is 3.93. The molecule has 0 saturated carbocycles. The Bertz CT molecular complexity index is 254. The molecule has 0 fully saturated rings. The van der Waals surface area contributed by atoms with E-state index in [1.807, 2.05) is 12.2 Å². The number of carboxylic acids is 1. The number of aliphatic carboxylic acids is 1. The summed E-state index contributed by atoms with van der Waals surface area (Å²) in [6.07, 6.45) is 1.10. The van der Waals surface area contributed by atoms with Gasteiger partial charge < -0.3 is 10.8 Å². The van der Waals surface area contributed by atoms with E-state index in [9.17, 15) is 14.4 Å². The smallest absolute Gasteiger partial charge is 0.320 e. The van der Waals surface area contributed by atoms with Gasteiger partial charge in [-0.05, 0) is 6.42 Å². The van der Waals surface area contributed by atoms with Crippen LogP contribution in [-0.2, 0) is 9.59 Å². The molecular weight excluding hydrogens is 202 g/mol. The molecule has 0 aliphatic heterocycles. The molecule has 5 N–H and O–H groups in total. The second-order valence-electron chi connectivity index (χ2n) is 2.97. The average Bonchev–Trinajstić information content (AvgIpc) is 2.10. The van der Waals surface area contributed by atoms with Gasteiger partial charge in [0.05, 0.1) is 6.54 Å². The van der Waals surface area contributed by atoms with Gasteiger partial charge in [-0.25, -0.2) is 4.79 Å². The van der Waals surface area contributed by atoms with Gasteiger partial charge in [-0.15, -0.1) is 0 Å². The van der Waals surface area contributed by atoms with Crippen LogP contribution < -0.4 is 16.4 Å². The SMILES string of the molecule is CCCC(NCC(=O)NC(N)=O)C(=O)O. The van der Waals surface area contributed by atoms with Gasteiger partial charge in [0.1, 0.15) is 6.04 Å². The van der Waals surface area contributed by atoms with Crippen molar-refractivity contribution in [1.29, 1.82) is 0 Å². The maximum atomic E-state index is 10.9. The summed E-state index contributed by atoms with van der Waals surface area (Å²) in [4.78, 5) is 31.8. The molecule has 7 nitrogen and oxygen atoms in total. The number of carbonyl (C=O) groups excluding carboxylic acids is 2. The van der Waals surface area contributed by atoms with E-state index in [2.05, 4.69) is 5.32 Å². The molecular formula is C8H15N3O4. The first-order valence-corrected chi connectivity index (χ1v) is 4.52. The molecule has 1 atom stereocenters. The summed E-state index contributed by atoms with van der Waals surface area (Å²) < 4.78 is 0. The van der Waals surface area contributed by atoms with Gasteiger partial charge in [-0.1, -0.05) is 13.3 Å². The number of hydrogen-bond acceptors (Lipinski definition) is 4. The number of nitrogens with two attached hydrogens (primary N) is 1. The van der Waals surface area contributed by atoms with Crippen molar-refractivity contribution >= 4 is 17.9 Å². The molecule has 0 aromatic heterocycles. The lowest BCUT2D eigenvalue weighted by molar-refractivity contribution is -0.139. The van der Waals surface area contributed by atoms with Crippen LogP contribution in [0.4, 0.5) is 4.79 Å². The molecule has 0 rings (SSSR count). The summed E-state index contributed by atoms with van der Waals surface area (Å²) >= 11 is 0. The van der Waals surface area contributed by atoms with Gasteiger partial charge in [-0.2, -0.15) is 0 Å². The second-order valence-corrected chi connectivity index (χ2v) is 2.97. The zero-order valence-corrected chi connectivity index (χ0v) is 8.45. The first kappa shape index (κ1) is 13.4. The van der Waals surface area contributed by atoms with Crippen molar-refractivity contribution in [3.8, 4) is 0 Å². The van der Waals surface area contributed by atoms with E-state index >= 15 is 0 Å². The third-order valence-corrected chi connectivity index (χ3v) is 1.65. The highest BCUT2D eigenvalue weighted by atomic mass is 16.4. The highest BCUT2D eigenvalue weighted by Crippen LogP contribution is 1.95. The van der Waals surface area contributed by atoms with Gasteiger partial charge in [0.15, 0.2) is 0 Å². The van der Waals surface area contributed by atoms with Gasteiger partial charge in [0.25, 0.3) is 0 Å². The minimum absolute atomic E-state index is 0.250. The van der Waals surface area contributed by atoms with Crippen molar-refractivity contribution in [2.75, 3.05) is 6.54 Å². The maximum Gasteiger partial charge on any atom is 0.320 e. The lowest BCUT2D eigenvalue weighted by Crippen LogP contribution is -2.45. The van der Waals surface area contributed by atoms with Gasteiger partial charge >= 0.3 is 12.0 Å². The summed E-state index contributed by atoms with van der Waals surface area (Å²) in [6.45, 7) is 1.58. The van der Waals surface area contributed by atoms with Crippen LogP contribution in [0.15, 0.2) is 0 Å². The first-order chi connectivity index (χ1) is 6.97. The van der Waals surface area contributed by atoms with Crippen molar-refractivity contribution in [2.24, 2.45) is 5.73 Å². The van der Waals surface area contributed by atoms with E-state index in [-0.39, 0.29) is 6.54 Å². The molecule has 15 heavy (non-hydrogen) atoms. The third-order valence-electron chi connectivity index (χ3n) is 1.65. The highest BCUT2D eigenvalue weighted by molar-refractivity contribution is 5.94. The fourth-order valence-corrected chi connectivity index (χ4v) is 0.999. The largest absolute Gasteiger partial charge is 0.480 e. The molecule has 7 heteroatoms. The first-order valence-electron chi connectivity index (χ1n) is 4.52. The molecule has 3 amide bonds. The van der Waals surface area contributed by atoms with Crippen LogP contribution in [0.5, 0.6) is 0 Å². The summed E-state index contributed by atoms with van der Waals surface area (Å²) in [5.41, 5.74) is 4.70. The molecule has 0 saturated heterocycles. The van der Waals surface area contributed by atoms with E-state index in [1.165, 1.54) is 0 Å². The summed E-state index contributed by atoms with van der Waals surface area (Å²) in [6, 6.07) is -1.74. The van der Waals surface area contributed by atoms with Crippen LogP contribution >= 0.6 is 0 Å². The molecule has 0 aliphatic rings. The summed E-state index contributed by atoms with van der Waals surface area (Å²) in [7, 11) is 0. The van der Waals surface area contributed by atoms with Crippen LogP contribution in [0, 0.1) is 0 Å². The zero-order chi connectivity index (χ0) is 11.8. The number of carboxylic acid groups (broad SMARTS) is 1. The summed E-state index contributed by atoms with van der Waals surface area (Å²) in [5, 5.41) is 13.0. The van der Waals surface area contributed by atoms with E-state index in [1.54, 1.807) is 0 Å². The number of hydrogen-bond donors (Lipinski definition) is 4. The Morgan fingerprint density at radius 1 is 1.40 bits per heavy atom. The second kappa shape index (κ2) is 6.77. The Labute approximate surface area is 87.0 Å². The van der Waals surface area contributed by atoms with Crippen molar-refractivity contribution in [2.45, 2.75) is 25.8 Å². The molecule has 0 aromatic rings. The number of carbonyl (C=O) groups is 3. The molecule has 0 aliphatic carbocycles. The number of nitrogens with one attached hydrogen (secondary N) is 2.